The molecule has 0 aliphatic carbocycles. The Bertz CT molecular complexity index is 424. The van der Waals surface area contributed by atoms with Crippen LogP contribution in [0.3, 0.4) is 0 Å². The van der Waals surface area contributed by atoms with Crippen molar-refractivity contribution in [3.8, 4) is 0 Å². The van der Waals surface area contributed by atoms with Gasteiger partial charge in [-0.2, -0.15) is 4.98 Å². The van der Waals surface area contributed by atoms with Crippen LogP contribution < -0.4 is 10.2 Å². The first kappa shape index (κ1) is 15.3. The summed E-state index contributed by atoms with van der Waals surface area (Å²) in [6.45, 7) is 10.6. The van der Waals surface area contributed by atoms with Gasteiger partial charge in [0.15, 0.2) is 0 Å². The fourth-order valence-corrected chi connectivity index (χ4v) is 2.55. The zero-order valence-corrected chi connectivity index (χ0v) is 13.4. The van der Waals surface area contributed by atoms with Crippen molar-refractivity contribution in [2.45, 2.75) is 39.3 Å². The quantitative estimate of drug-likeness (QED) is 0.893. The maximum Gasteiger partial charge on any atom is 0.297 e. The molecule has 0 aromatic carbocycles. The van der Waals surface area contributed by atoms with Crippen molar-refractivity contribution in [3.63, 3.8) is 0 Å². The Morgan fingerprint density at radius 3 is 2.85 bits per heavy atom. The summed E-state index contributed by atoms with van der Waals surface area (Å²) < 4.78 is 5.59. The van der Waals surface area contributed by atoms with Crippen molar-refractivity contribution in [2.75, 3.05) is 38.6 Å². The first-order valence-electron chi connectivity index (χ1n) is 7.42. The molecular formula is C15H28N4O. The summed E-state index contributed by atoms with van der Waals surface area (Å²) in [6.07, 6.45) is 3.02. The molecule has 0 amide bonds. The molecule has 1 aliphatic heterocycles. The molecule has 0 spiro atoms. The summed E-state index contributed by atoms with van der Waals surface area (Å²) in [6, 6.07) is 0.727. The molecular weight excluding hydrogens is 252 g/mol. The Hall–Kier alpha value is -1.07. The molecule has 5 heteroatoms. The van der Waals surface area contributed by atoms with Gasteiger partial charge in [-0.3, -0.25) is 0 Å². The molecule has 0 saturated carbocycles. The van der Waals surface area contributed by atoms with Crippen molar-refractivity contribution in [2.24, 2.45) is 5.92 Å². The molecule has 2 rings (SSSR count). The smallest absolute Gasteiger partial charge is 0.297 e. The molecule has 1 aliphatic rings. The number of hydrogen-bond donors (Lipinski definition) is 1. The monoisotopic (exact) mass is 280 g/mol. The van der Waals surface area contributed by atoms with Gasteiger partial charge in [0.05, 0.1) is 5.69 Å². The van der Waals surface area contributed by atoms with E-state index in [-0.39, 0.29) is 5.54 Å². The van der Waals surface area contributed by atoms with Crippen molar-refractivity contribution in [3.05, 3.63) is 12.0 Å². The predicted molar refractivity (Wildman–Crippen MR) is 82.0 cm³/mol. The van der Waals surface area contributed by atoms with Gasteiger partial charge >= 0.3 is 0 Å². The summed E-state index contributed by atoms with van der Waals surface area (Å²) in [5.41, 5.74) is 1.06. The second kappa shape index (κ2) is 6.14. The van der Waals surface area contributed by atoms with E-state index < -0.39 is 0 Å². The minimum atomic E-state index is 0.0967. The summed E-state index contributed by atoms with van der Waals surface area (Å²) in [7, 11) is 4.24. The predicted octanol–water partition coefficient (Wildman–Crippen LogP) is 1.95. The molecule has 114 valence electrons. The number of oxazole rings is 1. The topological polar surface area (TPSA) is 44.5 Å². The highest BCUT2D eigenvalue weighted by atomic mass is 16.4. The largest absolute Gasteiger partial charge is 0.432 e. The van der Waals surface area contributed by atoms with Crippen LogP contribution in [0.1, 0.15) is 32.9 Å². The van der Waals surface area contributed by atoms with Crippen LogP contribution in [0.2, 0.25) is 0 Å². The number of nitrogens with zero attached hydrogens (tertiary/aromatic N) is 3. The van der Waals surface area contributed by atoms with E-state index in [0.717, 1.165) is 24.8 Å². The van der Waals surface area contributed by atoms with Crippen LogP contribution in [0.15, 0.2) is 10.7 Å². The Labute approximate surface area is 122 Å². The van der Waals surface area contributed by atoms with E-state index in [1.165, 1.54) is 19.5 Å². The van der Waals surface area contributed by atoms with Gasteiger partial charge < -0.3 is 19.5 Å². The Balaban J connectivity index is 1.84. The van der Waals surface area contributed by atoms with Crippen molar-refractivity contribution >= 4 is 6.01 Å². The lowest BCUT2D eigenvalue weighted by Gasteiger charge is -2.20. The van der Waals surface area contributed by atoms with Crippen LogP contribution in [0.4, 0.5) is 6.01 Å². The first-order valence-corrected chi connectivity index (χ1v) is 7.42. The standard InChI is InChI=1S/C15H28N4O/c1-15(2,3)16-8-13-11-20-14(17-13)19(5)10-12-6-7-18(4)9-12/h11-12,16H,6-10H2,1-5H3. The van der Waals surface area contributed by atoms with E-state index in [1.54, 1.807) is 6.26 Å². The Kier molecular flexibility index (Phi) is 4.70. The van der Waals surface area contributed by atoms with Gasteiger partial charge in [-0.25, -0.2) is 0 Å². The molecule has 1 aromatic heterocycles. The zero-order valence-electron chi connectivity index (χ0n) is 13.4. The van der Waals surface area contributed by atoms with Crippen molar-refractivity contribution in [1.82, 2.24) is 15.2 Å². The lowest BCUT2D eigenvalue weighted by molar-refractivity contribution is 0.393. The van der Waals surface area contributed by atoms with Gasteiger partial charge in [-0.05, 0) is 46.7 Å². The van der Waals surface area contributed by atoms with E-state index in [9.17, 15) is 0 Å². The van der Waals surface area contributed by atoms with Gasteiger partial charge in [-0.1, -0.05) is 0 Å². The fourth-order valence-electron chi connectivity index (χ4n) is 2.55. The highest BCUT2D eigenvalue weighted by Gasteiger charge is 2.22. The second-order valence-electron chi connectivity index (χ2n) is 7.02. The number of likely N-dealkylation sites (tertiary alicyclic amines) is 1. The molecule has 0 bridgehead atoms. The number of hydrogen-bond acceptors (Lipinski definition) is 5. The summed E-state index contributed by atoms with van der Waals surface area (Å²) in [5, 5.41) is 3.42. The molecule has 1 saturated heterocycles. The molecule has 1 atom stereocenters. The third kappa shape index (κ3) is 4.49. The first-order chi connectivity index (χ1) is 9.33. The number of nitrogens with one attached hydrogen (secondary N) is 1. The SMILES string of the molecule is CN1CCC(CN(C)c2nc(CNC(C)(C)C)co2)C1. The second-order valence-corrected chi connectivity index (χ2v) is 7.02. The molecule has 2 heterocycles. The summed E-state index contributed by atoms with van der Waals surface area (Å²) in [5.74, 6) is 0.716. The van der Waals surface area contributed by atoms with Crippen LogP contribution in [0.5, 0.6) is 0 Å². The van der Waals surface area contributed by atoms with E-state index >= 15 is 0 Å². The van der Waals surface area contributed by atoms with Crippen molar-refractivity contribution in [1.29, 1.82) is 0 Å². The van der Waals surface area contributed by atoms with Gasteiger partial charge in [0.2, 0.25) is 0 Å². The van der Waals surface area contributed by atoms with Gasteiger partial charge in [0.1, 0.15) is 6.26 Å². The van der Waals surface area contributed by atoms with E-state index in [1.807, 2.05) is 0 Å². The Morgan fingerprint density at radius 2 is 2.25 bits per heavy atom. The van der Waals surface area contributed by atoms with Crippen LogP contribution in [0.25, 0.3) is 0 Å². The maximum absolute atomic E-state index is 5.59. The molecule has 1 aromatic rings. The van der Waals surface area contributed by atoms with E-state index in [2.05, 4.69) is 55.0 Å². The minimum Gasteiger partial charge on any atom is -0.432 e. The van der Waals surface area contributed by atoms with Crippen LogP contribution >= 0.6 is 0 Å². The lowest BCUT2D eigenvalue weighted by Crippen LogP contribution is -2.35. The maximum atomic E-state index is 5.59. The number of aromatic nitrogens is 1. The lowest BCUT2D eigenvalue weighted by atomic mass is 10.1. The average molecular weight is 280 g/mol. The minimum absolute atomic E-state index is 0.0967. The Morgan fingerprint density at radius 1 is 1.50 bits per heavy atom. The molecule has 5 nitrogen and oxygen atoms in total. The fraction of sp³-hybridized carbons (Fsp3) is 0.800. The number of anilines is 1. The van der Waals surface area contributed by atoms with Crippen LogP contribution in [-0.2, 0) is 6.54 Å². The van der Waals surface area contributed by atoms with Gasteiger partial charge in [0, 0.05) is 32.2 Å². The van der Waals surface area contributed by atoms with Crippen LogP contribution in [-0.4, -0.2) is 49.2 Å². The summed E-state index contributed by atoms with van der Waals surface area (Å²) >= 11 is 0. The normalized spacial score (nSPS) is 20.6. The van der Waals surface area contributed by atoms with Crippen LogP contribution in [0, 0.1) is 5.92 Å². The molecule has 1 N–H and O–H groups in total. The van der Waals surface area contributed by atoms with Gasteiger partial charge in [0.25, 0.3) is 6.01 Å². The molecule has 1 unspecified atom stereocenters. The average Bonchev–Trinajstić information content (AvgIpc) is 2.95. The van der Waals surface area contributed by atoms with Crippen molar-refractivity contribution < 1.29 is 4.42 Å². The molecule has 20 heavy (non-hydrogen) atoms. The van der Waals surface area contributed by atoms with E-state index in [0.29, 0.717) is 5.92 Å². The highest BCUT2D eigenvalue weighted by molar-refractivity contribution is 5.25. The highest BCUT2D eigenvalue weighted by Crippen LogP contribution is 2.19. The zero-order chi connectivity index (χ0) is 14.8. The summed E-state index contributed by atoms with van der Waals surface area (Å²) in [4.78, 5) is 9.07. The van der Waals surface area contributed by atoms with Gasteiger partial charge in [-0.15, -0.1) is 0 Å². The molecule has 0 radical (unpaired) electrons. The third-order valence-corrected chi connectivity index (χ3v) is 3.69. The third-order valence-electron chi connectivity index (χ3n) is 3.69. The number of rotatable bonds is 5. The van der Waals surface area contributed by atoms with E-state index in [4.69, 9.17) is 4.42 Å². The molecule has 1 fully saturated rings.